The van der Waals surface area contributed by atoms with Crippen LogP contribution in [0.15, 0.2) is 0 Å². The lowest BCUT2D eigenvalue weighted by Crippen LogP contribution is -2.29. The maximum atomic E-state index is 12.7. The molecule has 0 aliphatic rings. The van der Waals surface area contributed by atoms with Gasteiger partial charge < -0.3 is 24.6 Å². The summed E-state index contributed by atoms with van der Waals surface area (Å²) >= 11 is 0. The number of hydrogen-bond acceptors (Lipinski definition) is 8. The molecule has 10 heteroatoms. The molecule has 0 aliphatic carbocycles. The van der Waals surface area contributed by atoms with Crippen LogP contribution in [0.3, 0.4) is 0 Å². The summed E-state index contributed by atoms with van der Waals surface area (Å²) in [4.78, 5) is 22.6. The van der Waals surface area contributed by atoms with E-state index in [0.717, 1.165) is 32.1 Å². The summed E-state index contributed by atoms with van der Waals surface area (Å²) in [6, 6.07) is 0. The average Bonchev–Trinajstić information content (AvgIpc) is 3.21. The minimum absolute atomic E-state index is 0.0580. The summed E-state index contributed by atoms with van der Waals surface area (Å²) < 4.78 is 33.4. The molecule has 0 aromatic rings. The Hall–Kier alpha value is -0.540. The number of aliphatic hydroxyl groups excluding tert-OH is 2. The highest BCUT2D eigenvalue weighted by atomic mass is 31.2. The standard InChI is InChI=1S/C48H97O9P/c1-3-5-7-9-11-13-15-17-18-19-20-21-22-23-24-25-26-27-28-29-30-32-34-36-38-40-48(51)57-47(45-56-58(52,53)55-43-46(50)42-49)44-54-41-39-37-35-33-31-16-14-12-10-8-6-4-2/h46-47,49-50H,3-45H2,1-2H3,(H,52,53)/t46-,47+/m0/s1. The van der Waals surface area contributed by atoms with Crippen molar-refractivity contribution in [3.05, 3.63) is 0 Å². The molecular formula is C48H97O9P. The molecule has 0 rings (SSSR count). The lowest BCUT2D eigenvalue weighted by Gasteiger charge is -2.20. The first kappa shape index (κ1) is 57.5. The predicted molar refractivity (Wildman–Crippen MR) is 242 cm³/mol. The first-order valence-electron chi connectivity index (χ1n) is 25.0. The second-order valence-corrected chi connectivity index (χ2v) is 18.7. The van der Waals surface area contributed by atoms with E-state index in [9.17, 15) is 19.4 Å². The maximum absolute atomic E-state index is 12.7. The fourth-order valence-corrected chi connectivity index (χ4v) is 8.27. The third-order valence-corrected chi connectivity index (χ3v) is 12.2. The van der Waals surface area contributed by atoms with Crippen molar-refractivity contribution in [1.82, 2.24) is 0 Å². The van der Waals surface area contributed by atoms with Gasteiger partial charge in [0.1, 0.15) is 12.2 Å². The van der Waals surface area contributed by atoms with Gasteiger partial charge in [0.05, 0.1) is 26.4 Å². The van der Waals surface area contributed by atoms with E-state index in [1.54, 1.807) is 0 Å². The molecule has 0 heterocycles. The van der Waals surface area contributed by atoms with Gasteiger partial charge in [-0.05, 0) is 12.8 Å². The Labute approximate surface area is 358 Å². The Morgan fingerprint density at radius 1 is 0.466 bits per heavy atom. The van der Waals surface area contributed by atoms with Crippen LogP contribution < -0.4 is 0 Å². The van der Waals surface area contributed by atoms with Crippen LogP contribution in [0.25, 0.3) is 0 Å². The van der Waals surface area contributed by atoms with Crippen LogP contribution in [0.2, 0.25) is 0 Å². The Bertz CT molecular complexity index is 876. The van der Waals surface area contributed by atoms with E-state index in [1.807, 2.05) is 0 Å². The van der Waals surface area contributed by atoms with Crippen LogP contribution in [0.4, 0.5) is 0 Å². The fraction of sp³-hybridized carbons (Fsp3) is 0.979. The molecule has 0 saturated carbocycles. The van der Waals surface area contributed by atoms with Crippen molar-refractivity contribution in [3.63, 3.8) is 0 Å². The molecule has 9 nitrogen and oxygen atoms in total. The monoisotopic (exact) mass is 849 g/mol. The number of phosphoric ester groups is 1. The maximum Gasteiger partial charge on any atom is 0.472 e. The summed E-state index contributed by atoms with van der Waals surface area (Å²) in [5.41, 5.74) is 0. The normalized spacial score (nSPS) is 13.8. The van der Waals surface area contributed by atoms with Crippen molar-refractivity contribution in [2.75, 3.05) is 33.0 Å². The summed E-state index contributed by atoms with van der Waals surface area (Å²) in [7, 11) is -4.51. The predicted octanol–water partition coefficient (Wildman–Crippen LogP) is 14.3. The molecule has 0 aliphatic heterocycles. The van der Waals surface area contributed by atoms with Crippen molar-refractivity contribution in [3.8, 4) is 0 Å². The van der Waals surface area contributed by atoms with Crippen molar-refractivity contribution in [2.45, 2.75) is 270 Å². The highest BCUT2D eigenvalue weighted by Gasteiger charge is 2.26. The van der Waals surface area contributed by atoms with Gasteiger partial charge in [0, 0.05) is 13.0 Å². The molecule has 1 unspecified atom stereocenters. The zero-order valence-corrected chi connectivity index (χ0v) is 39.2. The highest BCUT2D eigenvalue weighted by molar-refractivity contribution is 7.47. The third kappa shape index (κ3) is 45.0. The molecular weight excluding hydrogens is 751 g/mol. The van der Waals surface area contributed by atoms with Gasteiger partial charge in [-0.25, -0.2) is 4.57 Å². The van der Waals surface area contributed by atoms with Gasteiger partial charge in [-0.2, -0.15) is 0 Å². The van der Waals surface area contributed by atoms with Gasteiger partial charge in [-0.15, -0.1) is 0 Å². The molecule has 0 aromatic heterocycles. The Kier molecular flexibility index (Phi) is 45.5. The minimum atomic E-state index is -4.51. The van der Waals surface area contributed by atoms with Crippen LogP contribution in [0.1, 0.15) is 258 Å². The quantitative estimate of drug-likeness (QED) is 0.0311. The number of aliphatic hydroxyl groups is 2. The summed E-state index contributed by atoms with van der Waals surface area (Å²) in [5.74, 6) is -0.374. The van der Waals surface area contributed by atoms with Crippen LogP contribution in [0, 0.1) is 0 Å². The van der Waals surface area contributed by atoms with E-state index in [2.05, 4.69) is 13.8 Å². The summed E-state index contributed by atoms with van der Waals surface area (Å²) in [6.45, 7) is 3.59. The number of carbonyl (C=O) groups is 1. The largest absolute Gasteiger partial charge is 0.472 e. The van der Waals surface area contributed by atoms with Crippen LogP contribution in [0.5, 0.6) is 0 Å². The number of unbranched alkanes of at least 4 members (excludes halogenated alkanes) is 35. The first-order chi connectivity index (χ1) is 28.3. The molecule has 0 aromatic carbocycles. The van der Waals surface area contributed by atoms with Crippen molar-refractivity contribution in [2.24, 2.45) is 0 Å². The van der Waals surface area contributed by atoms with Crippen LogP contribution >= 0.6 is 7.82 Å². The number of esters is 1. The van der Waals surface area contributed by atoms with Gasteiger partial charge in [-0.1, -0.05) is 239 Å². The van der Waals surface area contributed by atoms with E-state index in [1.165, 1.54) is 205 Å². The van der Waals surface area contributed by atoms with Gasteiger partial charge >= 0.3 is 13.8 Å². The zero-order valence-electron chi connectivity index (χ0n) is 38.3. The Balaban J connectivity index is 3.93. The van der Waals surface area contributed by atoms with Gasteiger partial charge in [-0.3, -0.25) is 13.8 Å². The Morgan fingerprint density at radius 3 is 1.12 bits per heavy atom. The summed E-state index contributed by atoms with van der Waals surface area (Å²) in [5, 5.41) is 18.4. The van der Waals surface area contributed by atoms with E-state index in [-0.39, 0.29) is 25.6 Å². The number of carbonyl (C=O) groups excluding carboxylic acids is 1. The van der Waals surface area contributed by atoms with Crippen LogP contribution in [-0.4, -0.2) is 66.3 Å². The number of rotatable bonds is 49. The van der Waals surface area contributed by atoms with Crippen molar-refractivity contribution >= 4 is 13.8 Å². The summed E-state index contributed by atoms with van der Waals surface area (Å²) in [6.07, 6.45) is 46.5. The molecule has 0 saturated heterocycles. The molecule has 348 valence electrons. The number of hydrogen-bond donors (Lipinski definition) is 3. The third-order valence-electron chi connectivity index (χ3n) is 11.3. The highest BCUT2D eigenvalue weighted by Crippen LogP contribution is 2.43. The molecule has 58 heavy (non-hydrogen) atoms. The van der Waals surface area contributed by atoms with Crippen molar-refractivity contribution in [1.29, 1.82) is 0 Å². The molecule has 0 bridgehead atoms. The number of ether oxygens (including phenoxy) is 2. The lowest BCUT2D eigenvalue weighted by atomic mass is 10.0. The van der Waals surface area contributed by atoms with Crippen molar-refractivity contribution < 1.29 is 43.0 Å². The van der Waals surface area contributed by atoms with Crippen LogP contribution in [-0.2, 0) is 27.9 Å². The van der Waals surface area contributed by atoms with E-state index in [0.29, 0.717) is 6.61 Å². The van der Waals surface area contributed by atoms with Gasteiger partial charge in [0.25, 0.3) is 0 Å². The van der Waals surface area contributed by atoms with E-state index in [4.69, 9.17) is 23.6 Å². The van der Waals surface area contributed by atoms with E-state index >= 15 is 0 Å². The number of phosphoric acid groups is 1. The second kappa shape index (κ2) is 46.0. The smallest absolute Gasteiger partial charge is 0.457 e. The molecule has 0 spiro atoms. The Morgan fingerprint density at radius 2 is 0.776 bits per heavy atom. The first-order valence-corrected chi connectivity index (χ1v) is 26.5. The topological polar surface area (TPSA) is 132 Å². The second-order valence-electron chi connectivity index (χ2n) is 17.2. The average molecular weight is 849 g/mol. The molecule has 0 fully saturated rings. The van der Waals surface area contributed by atoms with Gasteiger partial charge in [0.2, 0.25) is 0 Å². The minimum Gasteiger partial charge on any atom is -0.457 e. The zero-order chi connectivity index (χ0) is 42.5. The molecule has 0 radical (unpaired) electrons. The fourth-order valence-electron chi connectivity index (χ4n) is 7.48. The molecule has 3 atom stereocenters. The van der Waals surface area contributed by atoms with Gasteiger partial charge in [0.15, 0.2) is 0 Å². The lowest BCUT2D eigenvalue weighted by molar-refractivity contribution is -0.154. The van der Waals surface area contributed by atoms with E-state index < -0.39 is 33.2 Å². The SMILES string of the molecule is CCCCCCCCCCCCCCCCCCCCCCCCCCCC(=O)O[C@H](COCCCCCCCCCCCCCC)COP(=O)(O)OC[C@@H](O)CO. The molecule has 3 N–H and O–H groups in total. The molecule has 0 amide bonds.